The Kier molecular flexibility index (Phi) is 3.48. The lowest BCUT2D eigenvalue weighted by atomic mass is 10.1. The summed E-state index contributed by atoms with van der Waals surface area (Å²) in [6.45, 7) is 5.65. The van der Waals surface area contributed by atoms with Gasteiger partial charge >= 0.3 is 6.09 Å². The van der Waals surface area contributed by atoms with Crippen molar-refractivity contribution in [3.05, 3.63) is 29.6 Å². The molecule has 2 rings (SSSR count). The third-order valence-corrected chi connectivity index (χ3v) is 3.04. The molecular formula is C14H17N3O3. The molecule has 2 N–H and O–H groups in total. The van der Waals surface area contributed by atoms with E-state index in [4.69, 9.17) is 0 Å². The molecule has 20 heavy (non-hydrogen) atoms. The van der Waals surface area contributed by atoms with Gasteiger partial charge in [-0.1, -0.05) is 0 Å². The van der Waals surface area contributed by atoms with Gasteiger partial charge in [-0.05, 0) is 39.0 Å². The standard InChI is InChI=1S/C14H17N3O3/c1-14(2,3)17(13(19)20)7-12-15-10-5-4-9(8-18)6-11(10)16-12/h4-6,8H,7H2,1-3H3,(H,15,16)(H,19,20). The molecule has 1 heterocycles. The number of carbonyl (C=O) groups excluding carboxylic acids is 1. The van der Waals surface area contributed by atoms with Crippen LogP contribution in [0.1, 0.15) is 37.0 Å². The SMILES string of the molecule is CC(C)(C)N(Cc1nc2cc(C=O)ccc2[nH]1)C(=O)O. The third kappa shape index (κ3) is 2.79. The minimum Gasteiger partial charge on any atom is -0.465 e. The Balaban J connectivity index is 2.33. The minimum absolute atomic E-state index is 0.171. The average molecular weight is 275 g/mol. The highest BCUT2D eigenvalue weighted by Gasteiger charge is 2.27. The number of benzene rings is 1. The molecule has 0 fully saturated rings. The maximum absolute atomic E-state index is 11.3. The first-order chi connectivity index (χ1) is 9.31. The molecule has 0 aliphatic rings. The number of rotatable bonds is 3. The molecule has 0 bridgehead atoms. The second-order valence-corrected chi connectivity index (χ2v) is 5.62. The van der Waals surface area contributed by atoms with Gasteiger partial charge in [-0.15, -0.1) is 0 Å². The van der Waals surface area contributed by atoms with Crippen LogP contribution in [0, 0.1) is 0 Å². The predicted molar refractivity (Wildman–Crippen MR) is 74.8 cm³/mol. The maximum atomic E-state index is 11.3. The minimum atomic E-state index is -0.994. The van der Waals surface area contributed by atoms with Gasteiger partial charge in [0, 0.05) is 11.1 Å². The summed E-state index contributed by atoms with van der Waals surface area (Å²) in [7, 11) is 0. The van der Waals surface area contributed by atoms with Crippen molar-refractivity contribution in [1.82, 2.24) is 14.9 Å². The number of H-pyrrole nitrogens is 1. The topological polar surface area (TPSA) is 86.3 Å². The summed E-state index contributed by atoms with van der Waals surface area (Å²) < 4.78 is 0. The van der Waals surface area contributed by atoms with Crippen LogP contribution in [-0.4, -0.2) is 37.9 Å². The maximum Gasteiger partial charge on any atom is 0.408 e. The Morgan fingerprint density at radius 3 is 2.70 bits per heavy atom. The smallest absolute Gasteiger partial charge is 0.408 e. The molecule has 0 aliphatic heterocycles. The Labute approximate surface area is 116 Å². The summed E-state index contributed by atoms with van der Waals surface area (Å²) in [5, 5.41) is 9.27. The molecule has 0 aliphatic carbocycles. The summed E-state index contributed by atoms with van der Waals surface area (Å²) in [4.78, 5) is 30.8. The number of hydrogen-bond donors (Lipinski definition) is 2. The van der Waals surface area contributed by atoms with Crippen LogP contribution in [0.25, 0.3) is 11.0 Å². The molecule has 1 aromatic carbocycles. The highest BCUT2D eigenvalue weighted by atomic mass is 16.4. The number of aromatic nitrogens is 2. The van der Waals surface area contributed by atoms with Crippen molar-refractivity contribution in [3.8, 4) is 0 Å². The van der Waals surface area contributed by atoms with Crippen LogP contribution in [-0.2, 0) is 6.54 Å². The number of aromatic amines is 1. The number of carboxylic acid groups (broad SMARTS) is 1. The van der Waals surface area contributed by atoms with Crippen LogP contribution in [0.3, 0.4) is 0 Å². The third-order valence-electron chi connectivity index (χ3n) is 3.04. The summed E-state index contributed by atoms with van der Waals surface area (Å²) in [5.41, 5.74) is 1.47. The van der Waals surface area contributed by atoms with Crippen molar-refractivity contribution >= 4 is 23.4 Å². The first-order valence-electron chi connectivity index (χ1n) is 6.25. The highest BCUT2D eigenvalue weighted by Crippen LogP contribution is 2.19. The first kappa shape index (κ1) is 14.0. The lowest BCUT2D eigenvalue weighted by Gasteiger charge is -2.32. The van der Waals surface area contributed by atoms with Crippen molar-refractivity contribution in [1.29, 1.82) is 0 Å². The van der Waals surface area contributed by atoms with Gasteiger partial charge in [0.1, 0.15) is 12.1 Å². The zero-order chi connectivity index (χ0) is 14.9. The van der Waals surface area contributed by atoms with Crippen LogP contribution >= 0.6 is 0 Å². The Morgan fingerprint density at radius 1 is 1.45 bits per heavy atom. The molecule has 1 amide bonds. The largest absolute Gasteiger partial charge is 0.465 e. The van der Waals surface area contributed by atoms with Crippen LogP contribution < -0.4 is 0 Å². The molecule has 0 unspecified atom stereocenters. The summed E-state index contributed by atoms with van der Waals surface area (Å²) in [6, 6.07) is 5.12. The Hall–Kier alpha value is -2.37. The molecule has 0 atom stereocenters. The fourth-order valence-corrected chi connectivity index (χ4v) is 1.97. The molecule has 6 heteroatoms. The Bertz CT molecular complexity index is 655. The number of imidazole rings is 1. The van der Waals surface area contributed by atoms with Crippen molar-refractivity contribution in [2.75, 3.05) is 0 Å². The van der Waals surface area contributed by atoms with E-state index in [0.717, 1.165) is 11.8 Å². The summed E-state index contributed by atoms with van der Waals surface area (Å²) >= 11 is 0. The number of nitrogens with one attached hydrogen (secondary N) is 1. The van der Waals surface area contributed by atoms with E-state index in [-0.39, 0.29) is 6.54 Å². The van der Waals surface area contributed by atoms with Crippen LogP contribution in [0.2, 0.25) is 0 Å². The first-order valence-corrected chi connectivity index (χ1v) is 6.25. The number of amides is 1. The summed E-state index contributed by atoms with van der Waals surface area (Å²) in [5.74, 6) is 0.556. The monoisotopic (exact) mass is 275 g/mol. The quantitative estimate of drug-likeness (QED) is 0.843. The van der Waals surface area contributed by atoms with E-state index >= 15 is 0 Å². The van der Waals surface area contributed by atoms with E-state index < -0.39 is 11.6 Å². The lowest BCUT2D eigenvalue weighted by Crippen LogP contribution is -2.44. The number of hydrogen-bond acceptors (Lipinski definition) is 3. The highest BCUT2D eigenvalue weighted by molar-refractivity contribution is 5.84. The fraction of sp³-hybridized carbons (Fsp3) is 0.357. The molecule has 0 saturated heterocycles. The molecule has 1 aromatic heterocycles. The van der Waals surface area contributed by atoms with Crippen LogP contribution in [0.4, 0.5) is 4.79 Å². The Morgan fingerprint density at radius 2 is 2.15 bits per heavy atom. The number of carbonyl (C=O) groups is 2. The molecule has 106 valence electrons. The lowest BCUT2D eigenvalue weighted by molar-refractivity contribution is 0.0939. The number of fused-ring (bicyclic) bond motifs is 1. The molecule has 0 radical (unpaired) electrons. The zero-order valence-corrected chi connectivity index (χ0v) is 11.7. The molecule has 6 nitrogen and oxygen atoms in total. The van der Waals surface area contributed by atoms with E-state index in [1.54, 1.807) is 18.2 Å². The van der Waals surface area contributed by atoms with Gasteiger partial charge in [0.2, 0.25) is 0 Å². The van der Waals surface area contributed by atoms with Gasteiger partial charge in [-0.25, -0.2) is 9.78 Å². The van der Waals surface area contributed by atoms with Gasteiger partial charge in [0.15, 0.2) is 0 Å². The van der Waals surface area contributed by atoms with Crippen LogP contribution in [0.5, 0.6) is 0 Å². The zero-order valence-electron chi connectivity index (χ0n) is 11.7. The van der Waals surface area contributed by atoms with Crippen molar-refractivity contribution in [2.45, 2.75) is 32.9 Å². The van der Waals surface area contributed by atoms with Crippen molar-refractivity contribution in [2.24, 2.45) is 0 Å². The molecule has 0 saturated carbocycles. The molecule has 2 aromatic rings. The van der Waals surface area contributed by atoms with E-state index in [1.165, 1.54) is 4.90 Å². The number of nitrogens with zero attached hydrogens (tertiary/aromatic N) is 2. The fourth-order valence-electron chi connectivity index (χ4n) is 1.97. The normalized spacial score (nSPS) is 11.6. The van der Waals surface area contributed by atoms with Gasteiger partial charge in [0.25, 0.3) is 0 Å². The second kappa shape index (κ2) is 4.96. The van der Waals surface area contributed by atoms with E-state index in [0.29, 0.717) is 16.9 Å². The van der Waals surface area contributed by atoms with Crippen molar-refractivity contribution in [3.63, 3.8) is 0 Å². The second-order valence-electron chi connectivity index (χ2n) is 5.62. The van der Waals surface area contributed by atoms with Gasteiger partial charge in [-0.3, -0.25) is 9.69 Å². The van der Waals surface area contributed by atoms with Gasteiger partial charge < -0.3 is 10.1 Å². The number of aldehydes is 1. The molecular weight excluding hydrogens is 258 g/mol. The van der Waals surface area contributed by atoms with E-state index in [2.05, 4.69) is 9.97 Å². The van der Waals surface area contributed by atoms with Gasteiger partial charge in [-0.2, -0.15) is 0 Å². The summed E-state index contributed by atoms with van der Waals surface area (Å²) in [6.07, 6.45) is -0.237. The van der Waals surface area contributed by atoms with E-state index in [1.807, 2.05) is 20.8 Å². The van der Waals surface area contributed by atoms with Crippen LogP contribution in [0.15, 0.2) is 18.2 Å². The molecule has 0 spiro atoms. The predicted octanol–water partition coefficient (Wildman–Crippen LogP) is 2.65. The van der Waals surface area contributed by atoms with Crippen molar-refractivity contribution < 1.29 is 14.7 Å². The average Bonchev–Trinajstić information content (AvgIpc) is 2.75. The van der Waals surface area contributed by atoms with Gasteiger partial charge in [0.05, 0.1) is 17.6 Å². The van der Waals surface area contributed by atoms with E-state index in [9.17, 15) is 14.7 Å².